The fourth-order valence-corrected chi connectivity index (χ4v) is 3.50. The van der Waals surface area contributed by atoms with Gasteiger partial charge in [-0.05, 0) is 44.2 Å². The van der Waals surface area contributed by atoms with Crippen molar-refractivity contribution in [2.45, 2.75) is 44.7 Å². The molecule has 1 saturated carbocycles. The van der Waals surface area contributed by atoms with E-state index in [-0.39, 0.29) is 0 Å². The average molecular weight is 247 g/mol. The van der Waals surface area contributed by atoms with Crippen molar-refractivity contribution < 1.29 is 4.74 Å². The molecule has 1 aliphatic heterocycles. The van der Waals surface area contributed by atoms with Gasteiger partial charge in [0, 0.05) is 18.7 Å². The normalized spacial score (nSPS) is 28.1. The molecule has 98 valence electrons. The molecule has 2 fully saturated rings. The van der Waals surface area contributed by atoms with E-state index in [1.54, 1.807) is 7.11 Å². The molecule has 0 radical (unpaired) electrons. The largest absolute Gasteiger partial charge is 0.480 e. The van der Waals surface area contributed by atoms with Crippen LogP contribution in [0.15, 0.2) is 12.1 Å². The van der Waals surface area contributed by atoms with E-state index in [0.29, 0.717) is 5.88 Å². The first-order valence-electron chi connectivity index (χ1n) is 6.97. The maximum atomic E-state index is 5.04. The lowest BCUT2D eigenvalue weighted by Crippen LogP contribution is -2.42. The molecule has 0 bridgehead atoms. The molecule has 1 aromatic rings. The van der Waals surface area contributed by atoms with Gasteiger partial charge in [0.15, 0.2) is 0 Å². The van der Waals surface area contributed by atoms with E-state index in [4.69, 9.17) is 4.74 Å². The Balaban J connectivity index is 1.67. The molecule has 0 amide bonds. The Morgan fingerprint density at radius 3 is 2.89 bits per heavy atom. The summed E-state index contributed by atoms with van der Waals surface area (Å²) in [6.07, 6.45) is 6.96. The first-order valence-corrected chi connectivity index (χ1v) is 6.97. The minimum absolute atomic E-state index is 0.594. The van der Waals surface area contributed by atoms with E-state index in [1.165, 1.54) is 38.6 Å². The van der Waals surface area contributed by atoms with Gasteiger partial charge in [-0.2, -0.15) is 5.10 Å². The van der Waals surface area contributed by atoms with Gasteiger partial charge in [-0.3, -0.25) is 4.90 Å². The van der Waals surface area contributed by atoms with Crippen LogP contribution in [-0.4, -0.2) is 34.8 Å². The minimum atomic E-state index is 0.594. The van der Waals surface area contributed by atoms with Crippen LogP contribution in [-0.2, 0) is 6.54 Å². The highest BCUT2D eigenvalue weighted by Gasteiger charge is 2.34. The Morgan fingerprint density at radius 2 is 2.11 bits per heavy atom. The number of aromatic nitrogens is 2. The van der Waals surface area contributed by atoms with Gasteiger partial charge < -0.3 is 4.74 Å². The number of piperidine rings is 1. The summed E-state index contributed by atoms with van der Waals surface area (Å²) in [6.45, 7) is 2.16. The number of fused-ring (bicyclic) bond motifs is 1. The molecule has 4 heteroatoms. The number of ether oxygens (including phenoxy) is 1. The van der Waals surface area contributed by atoms with Gasteiger partial charge in [0.1, 0.15) is 0 Å². The summed E-state index contributed by atoms with van der Waals surface area (Å²) in [5.41, 5.74) is 1.06. The molecule has 0 N–H and O–H groups in total. The fraction of sp³-hybridized carbons (Fsp3) is 0.714. The second kappa shape index (κ2) is 5.22. The van der Waals surface area contributed by atoms with Gasteiger partial charge in [-0.25, -0.2) is 0 Å². The molecule has 0 spiro atoms. The van der Waals surface area contributed by atoms with Gasteiger partial charge in [0.2, 0.25) is 5.88 Å². The molecule has 1 aromatic heterocycles. The third-order valence-corrected chi connectivity index (χ3v) is 4.38. The van der Waals surface area contributed by atoms with Crippen LogP contribution in [0.5, 0.6) is 5.88 Å². The third kappa shape index (κ3) is 2.34. The van der Waals surface area contributed by atoms with Crippen molar-refractivity contribution in [2.75, 3.05) is 13.7 Å². The summed E-state index contributed by atoms with van der Waals surface area (Å²) < 4.78 is 5.04. The molecule has 18 heavy (non-hydrogen) atoms. The maximum absolute atomic E-state index is 5.04. The fourth-order valence-electron chi connectivity index (χ4n) is 3.50. The zero-order valence-electron chi connectivity index (χ0n) is 11.0. The number of rotatable bonds is 3. The molecule has 2 unspecified atom stereocenters. The first kappa shape index (κ1) is 11.9. The molecule has 3 rings (SSSR count). The Hall–Kier alpha value is -1.16. The third-order valence-electron chi connectivity index (χ3n) is 4.38. The molecule has 2 atom stereocenters. The second-order valence-electron chi connectivity index (χ2n) is 5.44. The quantitative estimate of drug-likeness (QED) is 0.821. The molecule has 1 saturated heterocycles. The number of methoxy groups -OCH3 is 1. The van der Waals surface area contributed by atoms with Crippen LogP contribution in [0.3, 0.4) is 0 Å². The van der Waals surface area contributed by atoms with Crippen LogP contribution in [0.4, 0.5) is 0 Å². The van der Waals surface area contributed by atoms with E-state index in [0.717, 1.165) is 24.2 Å². The zero-order chi connectivity index (χ0) is 12.4. The molecule has 1 aliphatic carbocycles. The summed E-state index contributed by atoms with van der Waals surface area (Å²) in [5, 5.41) is 8.29. The summed E-state index contributed by atoms with van der Waals surface area (Å²) in [7, 11) is 1.62. The van der Waals surface area contributed by atoms with Crippen LogP contribution in [0.2, 0.25) is 0 Å². The highest BCUT2D eigenvalue weighted by Crippen LogP contribution is 2.37. The van der Waals surface area contributed by atoms with E-state index < -0.39 is 0 Å². The van der Waals surface area contributed by atoms with E-state index >= 15 is 0 Å². The Morgan fingerprint density at radius 1 is 1.22 bits per heavy atom. The van der Waals surface area contributed by atoms with Crippen molar-refractivity contribution >= 4 is 0 Å². The van der Waals surface area contributed by atoms with Crippen LogP contribution in [0, 0.1) is 5.92 Å². The highest BCUT2D eigenvalue weighted by molar-refractivity contribution is 5.11. The van der Waals surface area contributed by atoms with E-state index in [1.807, 2.05) is 12.1 Å². The molecule has 2 heterocycles. The van der Waals surface area contributed by atoms with Crippen molar-refractivity contribution in [3.8, 4) is 5.88 Å². The SMILES string of the molecule is COc1ccc(CN2CCCC3CCCC32)nn1. The van der Waals surface area contributed by atoms with E-state index in [2.05, 4.69) is 15.1 Å². The molecule has 2 aliphatic rings. The average Bonchev–Trinajstić information content (AvgIpc) is 2.89. The van der Waals surface area contributed by atoms with Gasteiger partial charge in [-0.15, -0.1) is 5.10 Å². The minimum Gasteiger partial charge on any atom is -0.480 e. The Labute approximate surface area is 108 Å². The van der Waals surface area contributed by atoms with Gasteiger partial charge >= 0.3 is 0 Å². The van der Waals surface area contributed by atoms with Crippen molar-refractivity contribution in [2.24, 2.45) is 5.92 Å². The number of hydrogen-bond donors (Lipinski definition) is 0. The number of hydrogen-bond acceptors (Lipinski definition) is 4. The predicted octanol–water partition coefficient (Wildman–Crippen LogP) is 2.25. The van der Waals surface area contributed by atoms with Crippen LogP contribution < -0.4 is 4.74 Å². The summed E-state index contributed by atoms with van der Waals surface area (Å²) >= 11 is 0. The molecule has 4 nitrogen and oxygen atoms in total. The summed E-state index contributed by atoms with van der Waals surface area (Å²) in [5.74, 6) is 1.53. The first-order chi connectivity index (χ1) is 8.86. The maximum Gasteiger partial charge on any atom is 0.233 e. The Kier molecular flexibility index (Phi) is 3.46. The van der Waals surface area contributed by atoms with Gasteiger partial charge in [0.05, 0.1) is 12.8 Å². The van der Waals surface area contributed by atoms with Crippen LogP contribution in [0.25, 0.3) is 0 Å². The van der Waals surface area contributed by atoms with Crippen molar-refractivity contribution in [1.82, 2.24) is 15.1 Å². The standard InChI is InChI=1S/C14H21N3O/c1-18-14-8-7-12(15-16-14)10-17-9-3-5-11-4-2-6-13(11)17/h7-8,11,13H,2-6,9-10H2,1H3. The van der Waals surface area contributed by atoms with Crippen LogP contribution in [0.1, 0.15) is 37.8 Å². The lowest BCUT2D eigenvalue weighted by molar-refractivity contribution is 0.104. The lowest BCUT2D eigenvalue weighted by atomic mass is 9.92. The van der Waals surface area contributed by atoms with Crippen molar-refractivity contribution in [1.29, 1.82) is 0 Å². The second-order valence-corrected chi connectivity index (χ2v) is 5.44. The van der Waals surface area contributed by atoms with Crippen molar-refractivity contribution in [3.05, 3.63) is 17.8 Å². The number of likely N-dealkylation sites (tertiary alicyclic amines) is 1. The highest BCUT2D eigenvalue weighted by atomic mass is 16.5. The summed E-state index contributed by atoms with van der Waals surface area (Å²) in [6, 6.07) is 4.73. The monoisotopic (exact) mass is 247 g/mol. The van der Waals surface area contributed by atoms with Gasteiger partial charge in [-0.1, -0.05) is 6.42 Å². The van der Waals surface area contributed by atoms with Crippen LogP contribution >= 0.6 is 0 Å². The van der Waals surface area contributed by atoms with E-state index in [9.17, 15) is 0 Å². The summed E-state index contributed by atoms with van der Waals surface area (Å²) in [4.78, 5) is 2.61. The molecular formula is C14H21N3O. The zero-order valence-corrected chi connectivity index (χ0v) is 11.0. The van der Waals surface area contributed by atoms with Crippen molar-refractivity contribution in [3.63, 3.8) is 0 Å². The predicted molar refractivity (Wildman–Crippen MR) is 69.4 cm³/mol. The smallest absolute Gasteiger partial charge is 0.233 e. The Bertz CT molecular complexity index is 393. The topological polar surface area (TPSA) is 38.2 Å². The molecule has 0 aromatic carbocycles. The lowest BCUT2D eigenvalue weighted by Gasteiger charge is -2.37. The number of nitrogens with zero attached hydrogens (tertiary/aromatic N) is 3. The molecular weight excluding hydrogens is 226 g/mol. The van der Waals surface area contributed by atoms with Gasteiger partial charge in [0.25, 0.3) is 0 Å².